The summed E-state index contributed by atoms with van der Waals surface area (Å²) in [6.45, 7) is 5.31. The van der Waals surface area contributed by atoms with Gasteiger partial charge < -0.3 is 77.5 Å². The highest BCUT2D eigenvalue weighted by Gasteiger charge is 2.48. The van der Waals surface area contributed by atoms with E-state index in [2.05, 4.69) is 110 Å². The molecule has 25 rings (SSSR count). The minimum absolute atomic E-state index is 0.132. The number of ether oxygens (including phenoxy) is 4. The van der Waals surface area contributed by atoms with Crippen molar-refractivity contribution in [2.75, 3.05) is 129 Å². The van der Waals surface area contributed by atoms with Crippen molar-refractivity contribution in [3.8, 4) is 66.9 Å². The van der Waals surface area contributed by atoms with Crippen molar-refractivity contribution < 1.29 is 47.7 Å². The molecule has 20 aromatic rings. The Kier molecular flexibility index (Phi) is 24.7. The van der Waals surface area contributed by atoms with Gasteiger partial charge in [-0.1, -0.05) is 72.8 Å². The summed E-state index contributed by atoms with van der Waals surface area (Å²) >= 11 is 0. The molecule has 3 atom stereocenters. The number of nitrogens with two attached hydrogens (primary N) is 5. The fourth-order valence-corrected chi connectivity index (χ4v) is 19.1. The van der Waals surface area contributed by atoms with E-state index in [0.29, 0.717) is 120 Å². The van der Waals surface area contributed by atoms with E-state index in [-0.39, 0.29) is 41.6 Å². The highest BCUT2D eigenvalue weighted by molar-refractivity contribution is 6.07. The number of esters is 4. The summed E-state index contributed by atoms with van der Waals surface area (Å²) in [7, 11) is 7.46. The van der Waals surface area contributed by atoms with Crippen molar-refractivity contribution in [3.05, 3.63) is 238 Å². The number of nitrogens with one attached hydrogen (secondary N) is 3. The second-order valence-corrected chi connectivity index (χ2v) is 35.8. The summed E-state index contributed by atoms with van der Waals surface area (Å²) < 4.78 is 29.1. The third-order valence-corrected chi connectivity index (χ3v) is 26.8. The first-order chi connectivity index (χ1) is 70.5. The fraction of sp³-hybridized carbons (Fsp3) is 0.225. The third-order valence-electron chi connectivity index (χ3n) is 26.8. The summed E-state index contributed by atoms with van der Waals surface area (Å²) in [4.78, 5) is 124. The number of methoxy groups -OCH3 is 4. The predicted molar refractivity (Wildman–Crippen MR) is 546 cm³/mol. The molecule has 0 radical (unpaired) electrons. The Bertz CT molecular complexity index is 8470. The SMILES string of the molecule is COC(=O)C1CCN(c2cc(N)n3ncc(-c4cnc5ccccc5c4)c3n2)C1.COC(=O)C1CCN(c2cc(N)n3ncc(-c4cnn(C)c4)c3n2)C1.COC(=O)CC1CCN(c2cc(N)n3ncc(-c4cnc5ccccc5c4)c3n2)C1.COC(=O)c1cc(-c2cc(N)n3ncc(-c4cnc5ccccc5c4)c3n2)c[nH]1.Nc1cc(N2CCC3(CC2)NC(=O)NC3=O)nc2c(-c3cnc4ccccc4c3)cnn12. The maximum atomic E-state index is 12.2. The number of nitrogen functional groups attached to an aromatic ring is 5. The molecule has 3 unspecified atom stereocenters. The molecule has 0 bridgehead atoms. The van der Waals surface area contributed by atoms with E-state index < -0.39 is 17.5 Å². The predicted octanol–water partition coefficient (Wildman–Crippen LogP) is 11.2. The van der Waals surface area contributed by atoms with Gasteiger partial charge in [-0.2, -0.15) is 53.2 Å². The van der Waals surface area contributed by atoms with Gasteiger partial charge in [0.15, 0.2) is 28.2 Å². The summed E-state index contributed by atoms with van der Waals surface area (Å²) in [5, 5.41) is 35.5. The van der Waals surface area contributed by atoms with Gasteiger partial charge in [0.2, 0.25) is 0 Å². The number of imide groups is 1. The number of rotatable bonds is 15. The number of pyridine rings is 4. The van der Waals surface area contributed by atoms with E-state index in [1.165, 1.54) is 28.4 Å². The maximum Gasteiger partial charge on any atom is 0.354 e. The zero-order chi connectivity index (χ0) is 100. The quantitative estimate of drug-likeness (QED) is 0.0268. The molecule has 16 aromatic heterocycles. The highest BCUT2D eigenvalue weighted by atomic mass is 16.5. The lowest BCUT2D eigenvalue weighted by Gasteiger charge is -2.37. The average Bonchev–Trinajstić information content (AvgIpc) is 1.64. The van der Waals surface area contributed by atoms with Gasteiger partial charge in [-0.15, -0.1) is 0 Å². The van der Waals surface area contributed by atoms with E-state index in [1.807, 2.05) is 135 Å². The Morgan fingerprint density at radius 2 is 0.766 bits per heavy atom. The number of H-pyrrole nitrogens is 1. The van der Waals surface area contributed by atoms with Gasteiger partial charge in [0.05, 0.1) is 112 Å². The molecular formula is C102H97N33O10. The van der Waals surface area contributed by atoms with Gasteiger partial charge in [-0.3, -0.25) is 49.1 Å². The Morgan fingerprint density at radius 3 is 1.14 bits per heavy atom. The van der Waals surface area contributed by atoms with Gasteiger partial charge in [-0.05, 0) is 92.6 Å². The third kappa shape index (κ3) is 18.3. The highest BCUT2D eigenvalue weighted by Crippen LogP contribution is 2.39. The number of anilines is 9. The standard InChI is InChI=1S/C22H20N8O2.C22H22N6O2.C21H16N6O2.C21H20N6O2.C16H19N7O2/c23-17-10-18(29-7-5-22(6-8-29)20(31)27-21(32)28-22)26-19-15(12-25-30(17)19)14-9-13-3-1-2-4-16(13)24-11-14;1-30-21(29)8-14-6-7-27(13-14)20-10-19(23)28-22(26-20)17(12-25-28)16-9-15-4-2-3-5-18(15)24-11-16;1-29-21(28)18-7-14(10-24-18)17-8-19(22)27-20(26-17)15(11-25-27)13-6-12-4-2-3-5-16(12)23-9-13;1-29-21(28)14-6-7-26(12-14)19-9-18(22)27-20(25-19)16(11-24-27)15-8-13-4-2-3-5-17(13)23-10-15;1-21-8-11(6-18-21)12-7-19-23-13(17)5-14(20-15(12)23)22-4-3-10(9-22)16(24)25-2/h1-4,9-12H,5-8,23H2,(H2,27,28,31,32);2-5,9-12,14H,6-8,13,23H2,1H3;2-11,24H,22H2,1H3;2-5,8-11,14H,6-7,12,22H2,1H3;5-8,10H,3-4,9,17H2,1-2H3. The average molecular weight is 1950 g/mol. The summed E-state index contributed by atoms with van der Waals surface area (Å²) in [6.07, 6.45) is 25.2. The number of nitrogens with zero attached hydrogens (tertiary/aromatic N) is 25. The Morgan fingerprint density at radius 1 is 0.393 bits per heavy atom. The van der Waals surface area contributed by atoms with Gasteiger partial charge in [0.25, 0.3) is 5.91 Å². The molecular weight excluding hydrogens is 1850 g/mol. The lowest BCUT2D eigenvalue weighted by atomic mass is 9.88. The van der Waals surface area contributed by atoms with Crippen LogP contribution in [0.3, 0.4) is 0 Å². The fourth-order valence-electron chi connectivity index (χ4n) is 19.1. The van der Waals surface area contributed by atoms with Crippen molar-refractivity contribution in [1.82, 2.24) is 118 Å². The molecule has 5 aliphatic heterocycles. The topological polar surface area (TPSA) is 543 Å². The number of carbonyl (C=O) groups excluding carboxylic acids is 6. The number of fused-ring (bicyclic) bond motifs is 9. The first kappa shape index (κ1) is 92.5. The normalized spacial score (nSPS) is 15.9. The Balaban J connectivity index is 0.000000107. The molecule has 21 heterocycles. The maximum absolute atomic E-state index is 12.2. The van der Waals surface area contributed by atoms with E-state index in [0.717, 1.165) is 168 Å². The molecule has 5 saturated heterocycles. The van der Waals surface area contributed by atoms with Crippen molar-refractivity contribution in [3.63, 3.8) is 0 Å². The molecule has 43 heteroatoms. The Hall–Kier alpha value is -18.9. The zero-order valence-corrected chi connectivity index (χ0v) is 79.2. The summed E-state index contributed by atoms with van der Waals surface area (Å²) in [5.74, 6) is 4.12. The number of urea groups is 1. The van der Waals surface area contributed by atoms with Crippen LogP contribution < -0.4 is 58.9 Å². The van der Waals surface area contributed by atoms with Gasteiger partial charge >= 0.3 is 29.9 Å². The first-order valence-electron chi connectivity index (χ1n) is 46.7. The van der Waals surface area contributed by atoms with Gasteiger partial charge in [-0.25, -0.2) is 34.5 Å². The molecule has 4 aromatic carbocycles. The number of aromatic nitrogens is 22. The van der Waals surface area contributed by atoms with Crippen LogP contribution in [0.1, 0.15) is 49.0 Å². The first-order valence-corrected chi connectivity index (χ1v) is 46.7. The monoisotopic (exact) mass is 1940 g/mol. The molecule has 3 amide bonds. The van der Waals surface area contributed by atoms with E-state index in [9.17, 15) is 28.8 Å². The van der Waals surface area contributed by atoms with Crippen LogP contribution in [0.5, 0.6) is 0 Å². The molecule has 730 valence electrons. The van der Waals surface area contributed by atoms with Gasteiger partial charge in [0, 0.05) is 210 Å². The number of carbonyl (C=O) groups is 6. The summed E-state index contributed by atoms with van der Waals surface area (Å²) in [6, 6.07) is 50.3. The molecule has 43 nitrogen and oxygen atoms in total. The number of aryl methyl sites for hydroxylation is 1. The molecule has 0 saturated carbocycles. The molecule has 5 fully saturated rings. The van der Waals surface area contributed by atoms with Crippen LogP contribution in [-0.2, 0) is 45.2 Å². The van der Waals surface area contributed by atoms with Crippen molar-refractivity contribution in [1.29, 1.82) is 0 Å². The minimum Gasteiger partial charge on any atom is -0.469 e. The van der Waals surface area contributed by atoms with Crippen LogP contribution >= 0.6 is 0 Å². The van der Waals surface area contributed by atoms with Crippen molar-refractivity contribution in [2.24, 2.45) is 24.8 Å². The summed E-state index contributed by atoms with van der Waals surface area (Å²) in [5.41, 5.74) is 47.9. The van der Waals surface area contributed by atoms with E-state index >= 15 is 0 Å². The Labute approximate surface area is 824 Å². The molecule has 13 N–H and O–H groups in total. The number of hydrogen-bond donors (Lipinski definition) is 8. The van der Waals surface area contributed by atoms with Crippen molar-refractivity contribution in [2.45, 2.75) is 44.1 Å². The largest absolute Gasteiger partial charge is 0.469 e. The number of hydrogen-bond acceptors (Lipinski definition) is 34. The molecule has 1 spiro atoms. The van der Waals surface area contributed by atoms with Crippen LogP contribution in [-0.4, -0.2) is 230 Å². The van der Waals surface area contributed by atoms with Crippen molar-refractivity contribution >= 4 is 160 Å². The van der Waals surface area contributed by atoms with E-state index in [1.54, 1.807) is 107 Å². The lowest BCUT2D eigenvalue weighted by molar-refractivity contribution is -0.145. The van der Waals surface area contributed by atoms with Crippen LogP contribution in [0.2, 0.25) is 0 Å². The van der Waals surface area contributed by atoms with Gasteiger partial charge in [0.1, 0.15) is 63.6 Å². The number of aromatic amines is 1. The second-order valence-electron chi connectivity index (χ2n) is 35.8. The number of amides is 3. The molecule has 5 aliphatic rings. The van der Waals surface area contributed by atoms with E-state index in [4.69, 9.17) is 72.5 Å². The van der Waals surface area contributed by atoms with Crippen LogP contribution in [0.25, 0.3) is 139 Å². The van der Waals surface area contributed by atoms with Crippen LogP contribution in [0.4, 0.5) is 57.2 Å². The number of para-hydroxylation sites is 4. The lowest BCUT2D eigenvalue weighted by Crippen LogP contribution is -2.55. The van der Waals surface area contributed by atoms with Crippen LogP contribution in [0, 0.1) is 17.8 Å². The molecule has 0 aliphatic carbocycles. The molecule has 145 heavy (non-hydrogen) atoms. The zero-order valence-electron chi connectivity index (χ0n) is 79.2. The number of piperidine rings is 1. The number of benzene rings is 4. The minimum atomic E-state index is -0.832. The smallest absolute Gasteiger partial charge is 0.354 e. The second kappa shape index (κ2) is 38.7. The van der Waals surface area contributed by atoms with Crippen LogP contribution in [0.15, 0.2) is 232 Å².